The summed E-state index contributed by atoms with van der Waals surface area (Å²) in [6, 6.07) is 10.8. The first-order valence-electron chi connectivity index (χ1n) is 7.40. The predicted molar refractivity (Wildman–Crippen MR) is 90.6 cm³/mol. The van der Waals surface area contributed by atoms with E-state index in [1.165, 1.54) is 0 Å². The number of nitrogens with two attached hydrogens (primary N) is 1. The number of carbonyl (C=O) groups is 2. The molecule has 0 aliphatic carbocycles. The summed E-state index contributed by atoms with van der Waals surface area (Å²) in [4.78, 5) is 22.6. The second kappa shape index (κ2) is 7.96. The Bertz CT molecular complexity index is 747. The lowest BCUT2D eigenvalue weighted by atomic mass is 10.1. The van der Waals surface area contributed by atoms with Crippen LogP contribution in [0.2, 0.25) is 0 Å². The average molecular weight is 328 g/mol. The molecular weight excluding hydrogens is 308 g/mol. The SMILES string of the molecule is C/C(=N/NC(=O)Cc1cccn1C)c1ccc(OCC(N)=O)cc1. The molecule has 0 saturated carbocycles. The third-order valence-electron chi connectivity index (χ3n) is 3.39. The maximum Gasteiger partial charge on any atom is 0.255 e. The van der Waals surface area contributed by atoms with Crippen molar-refractivity contribution in [3.8, 4) is 5.75 Å². The van der Waals surface area contributed by atoms with Crippen LogP contribution in [-0.4, -0.2) is 28.7 Å². The van der Waals surface area contributed by atoms with Gasteiger partial charge in [-0.2, -0.15) is 5.10 Å². The maximum absolute atomic E-state index is 11.9. The van der Waals surface area contributed by atoms with E-state index in [0.29, 0.717) is 11.5 Å². The van der Waals surface area contributed by atoms with Gasteiger partial charge in [0, 0.05) is 18.9 Å². The van der Waals surface area contributed by atoms with E-state index >= 15 is 0 Å². The molecule has 2 amide bonds. The Hall–Kier alpha value is -3.09. The van der Waals surface area contributed by atoms with Crippen LogP contribution in [0.1, 0.15) is 18.2 Å². The molecule has 2 aromatic rings. The van der Waals surface area contributed by atoms with E-state index in [0.717, 1.165) is 11.3 Å². The van der Waals surface area contributed by atoms with Crippen molar-refractivity contribution in [3.05, 3.63) is 53.9 Å². The highest BCUT2D eigenvalue weighted by Crippen LogP contribution is 2.12. The fraction of sp³-hybridized carbons (Fsp3) is 0.235. The molecule has 0 unspecified atom stereocenters. The van der Waals surface area contributed by atoms with Crippen LogP contribution in [0.5, 0.6) is 5.75 Å². The molecule has 0 bridgehead atoms. The van der Waals surface area contributed by atoms with Crippen LogP contribution in [0.3, 0.4) is 0 Å². The van der Waals surface area contributed by atoms with E-state index < -0.39 is 5.91 Å². The van der Waals surface area contributed by atoms with E-state index in [4.69, 9.17) is 10.5 Å². The molecule has 1 aromatic carbocycles. The summed E-state index contributed by atoms with van der Waals surface area (Å²) in [7, 11) is 1.89. The van der Waals surface area contributed by atoms with E-state index in [9.17, 15) is 9.59 Å². The molecular formula is C17H20N4O3. The van der Waals surface area contributed by atoms with Crippen molar-refractivity contribution in [1.29, 1.82) is 0 Å². The minimum absolute atomic E-state index is 0.165. The van der Waals surface area contributed by atoms with E-state index in [-0.39, 0.29) is 18.9 Å². The molecule has 2 rings (SSSR count). The lowest BCUT2D eigenvalue weighted by Gasteiger charge is -2.06. The van der Waals surface area contributed by atoms with Crippen molar-refractivity contribution in [3.63, 3.8) is 0 Å². The zero-order valence-electron chi connectivity index (χ0n) is 13.7. The van der Waals surface area contributed by atoms with Gasteiger partial charge in [-0.15, -0.1) is 0 Å². The number of hydrogen-bond acceptors (Lipinski definition) is 4. The Labute approximate surface area is 140 Å². The number of carbonyl (C=O) groups excluding carboxylic acids is 2. The molecule has 0 fully saturated rings. The lowest BCUT2D eigenvalue weighted by Crippen LogP contribution is -2.22. The molecule has 1 heterocycles. The number of rotatable bonds is 7. The van der Waals surface area contributed by atoms with Crippen molar-refractivity contribution >= 4 is 17.5 Å². The first kappa shape index (κ1) is 17.3. The third kappa shape index (κ3) is 4.98. The van der Waals surface area contributed by atoms with Gasteiger partial charge in [0.25, 0.3) is 5.91 Å². The first-order valence-corrected chi connectivity index (χ1v) is 7.40. The summed E-state index contributed by atoms with van der Waals surface area (Å²) in [5, 5.41) is 4.10. The van der Waals surface area contributed by atoms with Gasteiger partial charge in [0.2, 0.25) is 5.91 Å². The molecule has 7 heteroatoms. The molecule has 0 radical (unpaired) electrons. The van der Waals surface area contributed by atoms with Gasteiger partial charge in [0.05, 0.1) is 12.1 Å². The summed E-state index contributed by atoms with van der Waals surface area (Å²) in [6.45, 7) is 1.63. The predicted octanol–water partition coefficient (Wildman–Crippen LogP) is 0.972. The lowest BCUT2D eigenvalue weighted by molar-refractivity contribution is -0.121. The number of amides is 2. The normalized spacial score (nSPS) is 11.2. The molecule has 7 nitrogen and oxygen atoms in total. The Balaban J connectivity index is 1.91. The minimum Gasteiger partial charge on any atom is -0.484 e. The Morgan fingerprint density at radius 2 is 1.96 bits per heavy atom. The number of aryl methyl sites for hydroxylation is 1. The highest BCUT2D eigenvalue weighted by atomic mass is 16.5. The third-order valence-corrected chi connectivity index (χ3v) is 3.39. The molecule has 3 N–H and O–H groups in total. The zero-order valence-corrected chi connectivity index (χ0v) is 13.7. The second-order valence-electron chi connectivity index (χ2n) is 5.30. The quantitative estimate of drug-likeness (QED) is 0.585. The summed E-state index contributed by atoms with van der Waals surface area (Å²) < 4.78 is 7.07. The maximum atomic E-state index is 11.9. The highest BCUT2D eigenvalue weighted by Gasteiger charge is 2.06. The molecule has 0 aliphatic rings. The van der Waals surface area contributed by atoms with Gasteiger partial charge in [0.1, 0.15) is 5.75 Å². The summed E-state index contributed by atoms with van der Waals surface area (Å²) in [5.41, 5.74) is 9.97. The molecule has 0 saturated heterocycles. The smallest absolute Gasteiger partial charge is 0.255 e. The van der Waals surface area contributed by atoms with Crippen molar-refractivity contribution in [2.45, 2.75) is 13.3 Å². The zero-order chi connectivity index (χ0) is 17.5. The molecule has 1 aromatic heterocycles. The number of benzene rings is 1. The van der Waals surface area contributed by atoms with Gasteiger partial charge in [-0.05, 0) is 48.9 Å². The summed E-state index contributed by atoms with van der Waals surface area (Å²) in [6.07, 6.45) is 2.15. The average Bonchev–Trinajstić information content (AvgIpc) is 2.96. The number of hydrogen-bond donors (Lipinski definition) is 2. The van der Waals surface area contributed by atoms with Crippen LogP contribution in [0.25, 0.3) is 0 Å². The largest absolute Gasteiger partial charge is 0.484 e. The Kier molecular flexibility index (Phi) is 5.73. The summed E-state index contributed by atoms with van der Waals surface area (Å²) >= 11 is 0. The van der Waals surface area contributed by atoms with Crippen LogP contribution in [0.15, 0.2) is 47.7 Å². The fourth-order valence-corrected chi connectivity index (χ4v) is 2.04. The number of nitrogens with zero attached hydrogens (tertiary/aromatic N) is 2. The number of hydrazone groups is 1. The Morgan fingerprint density at radius 1 is 1.25 bits per heavy atom. The highest BCUT2D eigenvalue weighted by molar-refractivity contribution is 5.99. The van der Waals surface area contributed by atoms with Crippen LogP contribution in [0, 0.1) is 0 Å². The monoisotopic (exact) mass is 328 g/mol. The van der Waals surface area contributed by atoms with E-state index in [2.05, 4.69) is 10.5 Å². The van der Waals surface area contributed by atoms with Crippen molar-refractivity contribution in [2.24, 2.45) is 17.9 Å². The molecule has 0 atom stereocenters. The molecule has 0 spiro atoms. The van der Waals surface area contributed by atoms with Gasteiger partial charge in [-0.25, -0.2) is 5.43 Å². The number of nitrogens with one attached hydrogen (secondary N) is 1. The van der Waals surface area contributed by atoms with Gasteiger partial charge in [0.15, 0.2) is 6.61 Å². The van der Waals surface area contributed by atoms with Crippen LogP contribution in [-0.2, 0) is 23.1 Å². The number of primary amides is 1. The topological polar surface area (TPSA) is 98.7 Å². The van der Waals surface area contributed by atoms with Gasteiger partial charge in [-0.3, -0.25) is 9.59 Å². The van der Waals surface area contributed by atoms with Crippen molar-refractivity contribution < 1.29 is 14.3 Å². The van der Waals surface area contributed by atoms with Gasteiger partial charge >= 0.3 is 0 Å². The molecule has 0 aliphatic heterocycles. The van der Waals surface area contributed by atoms with E-state index in [1.54, 1.807) is 31.2 Å². The Morgan fingerprint density at radius 3 is 2.54 bits per heavy atom. The molecule has 24 heavy (non-hydrogen) atoms. The number of aromatic nitrogens is 1. The van der Waals surface area contributed by atoms with Crippen LogP contribution in [0.4, 0.5) is 0 Å². The van der Waals surface area contributed by atoms with E-state index in [1.807, 2.05) is 29.9 Å². The fourth-order valence-electron chi connectivity index (χ4n) is 2.04. The second-order valence-corrected chi connectivity index (χ2v) is 5.30. The van der Waals surface area contributed by atoms with Crippen LogP contribution >= 0.6 is 0 Å². The first-order chi connectivity index (χ1) is 11.5. The minimum atomic E-state index is -0.530. The number of ether oxygens (including phenoxy) is 1. The standard InChI is InChI=1S/C17H20N4O3/c1-12(13-5-7-15(8-6-13)24-11-16(18)22)19-20-17(23)10-14-4-3-9-21(14)2/h3-9H,10-11H2,1-2H3,(H2,18,22)(H,20,23)/b19-12-. The van der Waals surface area contributed by atoms with Crippen molar-refractivity contribution in [2.75, 3.05) is 6.61 Å². The van der Waals surface area contributed by atoms with Crippen LogP contribution < -0.4 is 15.9 Å². The van der Waals surface area contributed by atoms with Gasteiger partial charge < -0.3 is 15.0 Å². The van der Waals surface area contributed by atoms with Gasteiger partial charge in [-0.1, -0.05) is 0 Å². The van der Waals surface area contributed by atoms with Crippen molar-refractivity contribution in [1.82, 2.24) is 9.99 Å². The summed E-state index contributed by atoms with van der Waals surface area (Å²) in [5.74, 6) is -0.173. The molecule has 126 valence electrons.